The standard InChI is InChI=1S/C13H14F3NO/c14-13(15,16)18-12-5-2-9(3-6-12)7-10-1-4-11(17)8-10/h2-3,5-6,8,11H,1,4,7,17H2. The molecule has 0 bridgehead atoms. The summed E-state index contributed by atoms with van der Waals surface area (Å²) >= 11 is 0. The predicted octanol–water partition coefficient (Wildman–Crippen LogP) is 3.18. The van der Waals surface area contributed by atoms with E-state index >= 15 is 0 Å². The van der Waals surface area contributed by atoms with Gasteiger partial charge in [0, 0.05) is 6.04 Å². The molecule has 1 aromatic carbocycles. The highest BCUT2D eigenvalue weighted by Crippen LogP contribution is 2.25. The zero-order valence-electron chi connectivity index (χ0n) is 9.70. The van der Waals surface area contributed by atoms with E-state index in [2.05, 4.69) is 4.74 Å². The lowest BCUT2D eigenvalue weighted by molar-refractivity contribution is -0.274. The number of benzene rings is 1. The largest absolute Gasteiger partial charge is 0.573 e. The van der Waals surface area contributed by atoms with Crippen molar-refractivity contribution in [2.24, 2.45) is 5.73 Å². The summed E-state index contributed by atoms with van der Waals surface area (Å²) in [6.07, 6.45) is 0.0367. The van der Waals surface area contributed by atoms with Gasteiger partial charge in [-0.3, -0.25) is 0 Å². The Bertz CT molecular complexity index is 437. The molecule has 0 fully saturated rings. The number of nitrogens with two attached hydrogens (primary N) is 1. The molecule has 0 amide bonds. The van der Waals surface area contributed by atoms with Crippen LogP contribution in [-0.2, 0) is 6.42 Å². The number of rotatable bonds is 3. The molecule has 2 N–H and O–H groups in total. The van der Waals surface area contributed by atoms with Gasteiger partial charge in [0.25, 0.3) is 0 Å². The van der Waals surface area contributed by atoms with Crippen LogP contribution >= 0.6 is 0 Å². The molecular formula is C13H14F3NO. The van der Waals surface area contributed by atoms with E-state index < -0.39 is 6.36 Å². The van der Waals surface area contributed by atoms with Crippen molar-refractivity contribution < 1.29 is 17.9 Å². The Morgan fingerprint density at radius 3 is 2.39 bits per heavy atom. The van der Waals surface area contributed by atoms with Crippen LogP contribution in [0, 0.1) is 0 Å². The first kappa shape index (κ1) is 13.0. The summed E-state index contributed by atoms with van der Waals surface area (Å²) in [4.78, 5) is 0. The van der Waals surface area contributed by atoms with Gasteiger partial charge in [-0.05, 0) is 37.0 Å². The van der Waals surface area contributed by atoms with Crippen molar-refractivity contribution in [3.63, 3.8) is 0 Å². The summed E-state index contributed by atoms with van der Waals surface area (Å²) in [7, 11) is 0. The van der Waals surface area contributed by atoms with Gasteiger partial charge >= 0.3 is 6.36 Å². The van der Waals surface area contributed by atoms with Crippen molar-refractivity contribution in [3.05, 3.63) is 41.5 Å². The third-order valence-corrected chi connectivity index (χ3v) is 2.84. The Labute approximate surface area is 103 Å². The molecule has 5 heteroatoms. The third kappa shape index (κ3) is 3.77. The highest BCUT2D eigenvalue weighted by Gasteiger charge is 2.30. The fraction of sp³-hybridized carbons (Fsp3) is 0.385. The number of hydrogen-bond donors (Lipinski definition) is 1. The van der Waals surface area contributed by atoms with E-state index in [0.29, 0.717) is 0 Å². The molecule has 1 atom stereocenters. The monoisotopic (exact) mass is 257 g/mol. The number of hydrogen-bond acceptors (Lipinski definition) is 2. The van der Waals surface area contributed by atoms with Crippen LogP contribution in [0.3, 0.4) is 0 Å². The lowest BCUT2D eigenvalue weighted by atomic mass is 10.0. The third-order valence-electron chi connectivity index (χ3n) is 2.84. The molecule has 18 heavy (non-hydrogen) atoms. The van der Waals surface area contributed by atoms with Gasteiger partial charge in [-0.25, -0.2) is 0 Å². The van der Waals surface area contributed by atoms with Crippen LogP contribution in [0.1, 0.15) is 18.4 Å². The Morgan fingerprint density at radius 1 is 1.22 bits per heavy atom. The van der Waals surface area contributed by atoms with Crippen LogP contribution < -0.4 is 10.5 Å². The molecule has 0 saturated heterocycles. The second-order valence-corrected chi connectivity index (χ2v) is 4.40. The minimum atomic E-state index is -4.64. The first-order chi connectivity index (χ1) is 8.42. The second kappa shape index (κ2) is 5.02. The first-order valence-corrected chi connectivity index (χ1v) is 5.72. The molecule has 1 unspecified atom stereocenters. The average Bonchev–Trinajstić information content (AvgIpc) is 2.65. The molecule has 0 spiro atoms. The quantitative estimate of drug-likeness (QED) is 0.844. The van der Waals surface area contributed by atoms with Crippen LogP contribution in [-0.4, -0.2) is 12.4 Å². The fourth-order valence-electron chi connectivity index (χ4n) is 2.04. The number of alkyl halides is 3. The van der Waals surface area contributed by atoms with Crippen molar-refractivity contribution in [2.75, 3.05) is 0 Å². The van der Waals surface area contributed by atoms with Gasteiger partial charge in [-0.1, -0.05) is 23.8 Å². The maximum absolute atomic E-state index is 12.0. The van der Waals surface area contributed by atoms with E-state index in [-0.39, 0.29) is 11.8 Å². The van der Waals surface area contributed by atoms with E-state index in [1.165, 1.54) is 17.7 Å². The number of allylic oxidation sites excluding steroid dienone is 1. The molecule has 1 aromatic rings. The van der Waals surface area contributed by atoms with E-state index in [9.17, 15) is 13.2 Å². The van der Waals surface area contributed by atoms with Gasteiger partial charge < -0.3 is 10.5 Å². The second-order valence-electron chi connectivity index (χ2n) is 4.40. The van der Waals surface area contributed by atoms with Gasteiger partial charge in [0.15, 0.2) is 0 Å². The van der Waals surface area contributed by atoms with E-state index in [1.54, 1.807) is 12.1 Å². The van der Waals surface area contributed by atoms with Gasteiger partial charge in [0.05, 0.1) is 0 Å². The molecule has 0 saturated carbocycles. The summed E-state index contributed by atoms with van der Waals surface area (Å²) in [6, 6.07) is 6.07. The molecule has 2 nitrogen and oxygen atoms in total. The number of halogens is 3. The topological polar surface area (TPSA) is 35.2 Å². The Hall–Kier alpha value is -1.49. The van der Waals surface area contributed by atoms with Crippen LogP contribution in [0.15, 0.2) is 35.9 Å². The average molecular weight is 257 g/mol. The zero-order valence-corrected chi connectivity index (χ0v) is 9.70. The lowest BCUT2D eigenvalue weighted by Crippen LogP contribution is -2.17. The molecule has 1 aliphatic rings. The smallest absolute Gasteiger partial charge is 0.406 e. The maximum Gasteiger partial charge on any atom is 0.573 e. The first-order valence-electron chi connectivity index (χ1n) is 5.72. The Balaban J connectivity index is 1.98. The van der Waals surface area contributed by atoms with Crippen LogP contribution in [0.2, 0.25) is 0 Å². The van der Waals surface area contributed by atoms with Crippen molar-refractivity contribution >= 4 is 0 Å². The van der Waals surface area contributed by atoms with Crippen LogP contribution in [0.4, 0.5) is 13.2 Å². The Morgan fingerprint density at radius 2 is 1.89 bits per heavy atom. The molecular weight excluding hydrogens is 243 g/mol. The summed E-state index contributed by atoms with van der Waals surface area (Å²) in [6.45, 7) is 0. The molecule has 0 aromatic heterocycles. The van der Waals surface area contributed by atoms with Crippen molar-refractivity contribution in [3.8, 4) is 5.75 Å². The minimum Gasteiger partial charge on any atom is -0.406 e. The van der Waals surface area contributed by atoms with Crippen LogP contribution in [0.25, 0.3) is 0 Å². The molecule has 0 heterocycles. The van der Waals surface area contributed by atoms with Gasteiger partial charge in [0.2, 0.25) is 0 Å². The van der Waals surface area contributed by atoms with Crippen molar-refractivity contribution in [1.82, 2.24) is 0 Å². The number of ether oxygens (including phenoxy) is 1. The fourth-order valence-corrected chi connectivity index (χ4v) is 2.04. The van der Waals surface area contributed by atoms with E-state index in [0.717, 1.165) is 24.8 Å². The summed E-state index contributed by atoms with van der Waals surface area (Å²) in [5.41, 5.74) is 7.96. The summed E-state index contributed by atoms with van der Waals surface area (Å²) < 4.78 is 39.7. The van der Waals surface area contributed by atoms with E-state index in [1.807, 2.05) is 6.08 Å². The minimum absolute atomic E-state index is 0.118. The lowest BCUT2D eigenvalue weighted by Gasteiger charge is -2.09. The molecule has 0 radical (unpaired) electrons. The zero-order chi connectivity index (χ0) is 13.2. The van der Waals surface area contributed by atoms with Gasteiger partial charge in [0.1, 0.15) is 5.75 Å². The highest BCUT2D eigenvalue weighted by molar-refractivity contribution is 5.31. The highest BCUT2D eigenvalue weighted by atomic mass is 19.4. The maximum atomic E-state index is 12.0. The molecule has 98 valence electrons. The van der Waals surface area contributed by atoms with Crippen molar-refractivity contribution in [2.45, 2.75) is 31.7 Å². The van der Waals surface area contributed by atoms with Crippen LogP contribution in [0.5, 0.6) is 5.75 Å². The Kier molecular flexibility index (Phi) is 3.61. The normalized spacial score (nSPS) is 19.8. The van der Waals surface area contributed by atoms with Gasteiger partial charge in [-0.2, -0.15) is 0 Å². The van der Waals surface area contributed by atoms with Gasteiger partial charge in [-0.15, -0.1) is 13.2 Å². The molecule has 0 aliphatic heterocycles. The summed E-state index contributed by atoms with van der Waals surface area (Å²) in [5.74, 6) is -0.191. The van der Waals surface area contributed by atoms with E-state index in [4.69, 9.17) is 5.73 Å². The van der Waals surface area contributed by atoms with Crippen molar-refractivity contribution in [1.29, 1.82) is 0 Å². The predicted molar refractivity (Wildman–Crippen MR) is 62.1 cm³/mol. The summed E-state index contributed by atoms with van der Waals surface area (Å²) in [5, 5.41) is 0. The molecule has 2 rings (SSSR count). The molecule has 1 aliphatic carbocycles. The SMILES string of the molecule is NC1C=C(Cc2ccc(OC(F)(F)F)cc2)CC1.